The van der Waals surface area contributed by atoms with Crippen molar-refractivity contribution in [2.24, 2.45) is 23.2 Å². The van der Waals surface area contributed by atoms with Gasteiger partial charge in [0.05, 0.1) is 5.41 Å². The lowest BCUT2D eigenvalue weighted by Crippen LogP contribution is -2.50. The van der Waals surface area contributed by atoms with Crippen molar-refractivity contribution in [3.05, 3.63) is 30.1 Å². The fraction of sp³-hybridized carbons (Fsp3) is 0.667. The highest BCUT2D eigenvalue weighted by Gasteiger charge is 2.55. The van der Waals surface area contributed by atoms with Gasteiger partial charge in [0.1, 0.15) is 6.10 Å². The maximum Gasteiger partial charge on any atom is 0.312 e. The van der Waals surface area contributed by atoms with Crippen LogP contribution >= 0.6 is 0 Å². The van der Waals surface area contributed by atoms with E-state index in [0.717, 1.165) is 42.6 Å². The van der Waals surface area contributed by atoms with Crippen molar-refractivity contribution < 1.29 is 9.53 Å². The minimum absolute atomic E-state index is 0.0610. The van der Waals surface area contributed by atoms with Crippen LogP contribution < -0.4 is 0 Å². The minimum atomic E-state index is -0.173. The Hall–Kier alpha value is -1.38. The van der Waals surface area contributed by atoms with Crippen LogP contribution in [0, 0.1) is 23.2 Å². The second kappa shape index (κ2) is 4.82. The zero-order chi connectivity index (χ0) is 14.4. The van der Waals surface area contributed by atoms with E-state index in [-0.39, 0.29) is 17.5 Å². The summed E-state index contributed by atoms with van der Waals surface area (Å²) >= 11 is 0. The van der Waals surface area contributed by atoms with Crippen molar-refractivity contribution in [2.75, 3.05) is 0 Å². The molecule has 0 saturated heterocycles. The Balaban J connectivity index is 1.50. The molecule has 0 radical (unpaired) electrons. The normalized spacial score (nSPS) is 38.2. The third-order valence-corrected chi connectivity index (χ3v) is 5.93. The molecule has 112 valence electrons. The summed E-state index contributed by atoms with van der Waals surface area (Å²) in [6.45, 7) is 1.97. The number of pyridine rings is 1. The summed E-state index contributed by atoms with van der Waals surface area (Å²) in [6, 6.07) is 3.86. The first-order valence-corrected chi connectivity index (χ1v) is 8.26. The SMILES string of the molecule is CC(OC(=O)C12CC3CC(CC(C3)C1)C2)c1ccncc1. The molecule has 1 aromatic heterocycles. The molecular formula is C18H23NO2. The zero-order valence-corrected chi connectivity index (χ0v) is 12.6. The van der Waals surface area contributed by atoms with Crippen molar-refractivity contribution in [2.45, 2.75) is 51.6 Å². The first-order valence-electron chi connectivity index (χ1n) is 8.26. The van der Waals surface area contributed by atoms with Gasteiger partial charge >= 0.3 is 5.97 Å². The Morgan fingerprint density at radius 3 is 2.19 bits per heavy atom. The number of carbonyl (C=O) groups excluding carboxylic acids is 1. The predicted octanol–water partition coefficient (Wildman–Crippen LogP) is 3.90. The minimum Gasteiger partial charge on any atom is -0.457 e. The Morgan fingerprint density at radius 1 is 1.14 bits per heavy atom. The molecule has 4 fully saturated rings. The lowest BCUT2D eigenvalue weighted by atomic mass is 9.49. The molecule has 5 rings (SSSR count). The third kappa shape index (κ3) is 2.27. The van der Waals surface area contributed by atoms with Crippen LogP contribution in [0.2, 0.25) is 0 Å². The molecule has 3 heteroatoms. The smallest absolute Gasteiger partial charge is 0.312 e. The van der Waals surface area contributed by atoms with Gasteiger partial charge in [-0.2, -0.15) is 0 Å². The second-order valence-electron chi connectivity index (χ2n) is 7.53. The van der Waals surface area contributed by atoms with E-state index in [9.17, 15) is 4.79 Å². The first-order chi connectivity index (χ1) is 10.1. The molecule has 1 heterocycles. The molecule has 0 aliphatic heterocycles. The molecule has 0 aromatic carbocycles. The zero-order valence-electron chi connectivity index (χ0n) is 12.6. The van der Waals surface area contributed by atoms with Crippen LogP contribution in [0.15, 0.2) is 24.5 Å². The number of hydrogen-bond acceptors (Lipinski definition) is 3. The van der Waals surface area contributed by atoms with Crippen molar-refractivity contribution in [1.29, 1.82) is 0 Å². The molecule has 1 atom stereocenters. The largest absolute Gasteiger partial charge is 0.457 e. The summed E-state index contributed by atoms with van der Waals surface area (Å²) in [5.74, 6) is 2.39. The number of esters is 1. The molecule has 4 aliphatic rings. The van der Waals surface area contributed by atoms with E-state index < -0.39 is 0 Å². The van der Waals surface area contributed by atoms with Gasteiger partial charge < -0.3 is 4.74 Å². The van der Waals surface area contributed by atoms with E-state index in [1.54, 1.807) is 12.4 Å². The fourth-order valence-electron chi connectivity index (χ4n) is 5.35. The molecule has 0 amide bonds. The van der Waals surface area contributed by atoms with Gasteiger partial charge in [0.15, 0.2) is 0 Å². The first kappa shape index (κ1) is 13.3. The Bertz CT molecular complexity index is 504. The van der Waals surface area contributed by atoms with Crippen LogP contribution in [0.1, 0.15) is 57.1 Å². The number of carbonyl (C=O) groups is 1. The monoisotopic (exact) mass is 285 g/mol. The van der Waals surface area contributed by atoms with Crippen LogP contribution in [-0.2, 0) is 9.53 Å². The lowest BCUT2D eigenvalue weighted by Gasteiger charge is -2.55. The van der Waals surface area contributed by atoms with Gasteiger partial charge in [-0.25, -0.2) is 0 Å². The summed E-state index contributed by atoms with van der Waals surface area (Å²) in [6.07, 6.45) is 10.6. The highest BCUT2D eigenvalue weighted by molar-refractivity contribution is 5.77. The molecule has 4 aliphatic carbocycles. The van der Waals surface area contributed by atoms with E-state index in [4.69, 9.17) is 4.74 Å². The molecule has 3 nitrogen and oxygen atoms in total. The number of rotatable bonds is 3. The molecule has 0 N–H and O–H groups in total. The van der Waals surface area contributed by atoms with Gasteiger partial charge in [-0.05, 0) is 80.9 Å². The van der Waals surface area contributed by atoms with Crippen LogP contribution in [0.3, 0.4) is 0 Å². The average molecular weight is 285 g/mol. The molecular weight excluding hydrogens is 262 g/mol. The van der Waals surface area contributed by atoms with Gasteiger partial charge in [0.2, 0.25) is 0 Å². The quantitative estimate of drug-likeness (QED) is 0.791. The molecule has 4 saturated carbocycles. The average Bonchev–Trinajstić information content (AvgIpc) is 2.46. The van der Waals surface area contributed by atoms with Crippen molar-refractivity contribution in [1.82, 2.24) is 4.98 Å². The summed E-state index contributed by atoms with van der Waals surface area (Å²) < 4.78 is 5.85. The lowest BCUT2D eigenvalue weighted by molar-refractivity contribution is -0.176. The Morgan fingerprint density at radius 2 is 1.67 bits per heavy atom. The summed E-state index contributed by atoms with van der Waals surface area (Å²) in [5.41, 5.74) is 0.874. The van der Waals surface area contributed by atoms with E-state index in [1.165, 1.54) is 19.3 Å². The number of nitrogens with zero attached hydrogens (tertiary/aromatic N) is 1. The van der Waals surface area contributed by atoms with E-state index >= 15 is 0 Å². The van der Waals surface area contributed by atoms with Gasteiger partial charge in [0, 0.05) is 12.4 Å². The summed E-state index contributed by atoms with van der Waals surface area (Å²) in [7, 11) is 0. The maximum atomic E-state index is 12.8. The highest BCUT2D eigenvalue weighted by Crippen LogP contribution is 2.60. The highest BCUT2D eigenvalue weighted by atomic mass is 16.5. The van der Waals surface area contributed by atoms with Gasteiger partial charge in [-0.15, -0.1) is 0 Å². The van der Waals surface area contributed by atoms with Crippen LogP contribution in [0.25, 0.3) is 0 Å². The van der Waals surface area contributed by atoms with Crippen molar-refractivity contribution >= 4 is 5.97 Å². The predicted molar refractivity (Wildman–Crippen MR) is 79.3 cm³/mol. The van der Waals surface area contributed by atoms with E-state index in [0.29, 0.717) is 0 Å². The number of hydrogen-bond donors (Lipinski definition) is 0. The van der Waals surface area contributed by atoms with Crippen LogP contribution in [-0.4, -0.2) is 11.0 Å². The van der Waals surface area contributed by atoms with Crippen LogP contribution in [0.4, 0.5) is 0 Å². The van der Waals surface area contributed by atoms with Gasteiger partial charge in [0.25, 0.3) is 0 Å². The third-order valence-electron chi connectivity index (χ3n) is 5.93. The topological polar surface area (TPSA) is 39.2 Å². The molecule has 4 bridgehead atoms. The Kier molecular flexibility index (Phi) is 3.05. The maximum absolute atomic E-state index is 12.8. The van der Waals surface area contributed by atoms with Crippen LogP contribution in [0.5, 0.6) is 0 Å². The van der Waals surface area contributed by atoms with Crippen molar-refractivity contribution in [3.8, 4) is 0 Å². The number of aromatic nitrogens is 1. The second-order valence-corrected chi connectivity index (χ2v) is 7.53. The van der Waals surface area contributed by atoms with Gasteiger partial charge in [-0.3, -0.25) is 9.78 Å². The number of ether oxygens (including phenoxy) is 1. The molecule has 0 spiro atoms. The summed E-state index contributed by atoms with van der Waals surface area (Å²) in [4.78, 5) is 16.9. The summed E-state index contributed by atoms with van der Waals surface area (Å²) in [5, 5.41) is 0. The van der Waals surface area contributed by atoms with E-state index in [1.807, 2.05) is 19.1 Å². The Labute approximate surface area is 126 Å². The van der Waals surface area contributed by atoms with Gasteiger partial charge in [-0.1, -0.05) is 0 Å². The molecule has 21 heavy (non-hydrogen) atoms. The standard InChI is InChI=1S/C18H23NO2/c1-12(16-2-4-19-5-3-16)21-17(20)18-9-13-6-14(10-18)8-15(7-13)11-18/h2-5,12-15H,6-11H2,1H3. The molecule has 1 unspecified atom stereocenters. The van der Waals surface area contributed by atoms with Crippen molar-refractivity contribution in [3.63, 3.8) is 0 Å². The fourth-order valence-corrected chi connectivity index (χ4v) is 5.35. The van der Waals surface area contributed by atoms with E-state index in [2.05, 4.69) is 4.98 Å². The molecule has 1 aromatic rings.